The van der Waals surface area contributed by atoms with Crippen LogP contribution in [-0.2, 0) is 6.54 Å². The lowest BCUT2D eigenvalue weighted by molar-refractivity contribution is -0.385. The molecule has 116 valence electrons. The van der Waals surface area contributed by atoms with Gasteiger partial charge in [-0.05, 0) is 19.1 Å². The first-order valence-electron chi connectivity index (χ1n) is 7.01. The number of benzene rings is 2. The summed E-state index contributed by atoms with van der Waals surface area (Å²) in [5.74, 6) is -0.375. The number of amides is 1. The molecule has 23 heavy (non-hydrogen) atoms. The topological polar surface area (TPSA) is 101 Å². The number of hydrogen-bond donors (Lipinski definition) is 2. The van der Waals surface area contributed by atoms with Crippen LogP contribution in [0.5, 0.6) is 0 Å². The Kier molecular flexibility index (Phi) is 3.76. The summed E-state index contributed by atoms with van der Waals surface area (Å²) >= 11 is 0. The monoisotopic (exact) mass is 310 g/mol. The Labute approximate surface area is 131 Å². The van der Waals surface area contributed by atoms with Crippen molar-refractivity contribution in [3.63, 3.8) is 0 Å². The minimum absolute atomic E-state index is 0.0180. The second kappa shape index (κ2) is 5.88. The molecular weight excluding hydrogens is 296 g/mol. The van der Waals surface area contributed by atoms with Crippen LogP contribution in [0.3, 0.4) is 0 Å². The van der Waals surface area contributed by atoms with Crippen LogP contribution in [0.4, 0.5) is 5.69 Å². The first-order valence-corrected chi connectivity index (χ1v) is 7.01. The lowest BCUT2D eigenvalue weighted by Crippen LogP contribution is -2.23. The van der Waals surface area contributed by atoms with Crippen molar-refractivity contribution in [2.75, 3.05) is 0 Å². The molecule has 1 amide bonds. The Morgan fingerprint density at radius 1 is 1.30 bits per heavy atom. The summed E-state index contributed by atoms with van der Waals surface area (Å²) in [6.07, 6.45) is 0. The number of aryl methyl sites for hydroxylation is 1. The molecule has 2 aromatic carbocycles. The molecule has 3 rings (SSSR count). The normalized spacial score (nSPS) is 10.7. The standard InChI is InChI=1S/C16H14N4O3/c1-10-6-7-13-12(8-10)15(19-18-13)16(21)17-9-11-4-2-3-5-14(11)20(22)23/h2-8H,9H2,1H3,(H,17,21)(H,18,19). The third-order valence-corrected chi connectivity index (χ3v) is 3.56. The van der Waals surface area contributed by atoms with Crippen molar-refractivity contribution in [1.82, 2.24) is 15.5 Å². The first-order chi connectivity index (χ1) is 11.1. The number of fused-ring (bicyclic) bond motifs is 1. The molecule has 0 unspecified atom stereocenters. The maximum absolute atomic E-state index is 12.3. The zero-order valence-corrected chi connectivity index (χ0v) is 12.4. The molecule has 0 saturated carbocycles. The van der Waals surface area contributed by atoms with E-state index in [1.165, 1.54) is 6.07 Å². The van der Waals surface area contributed by atoms with Crippen molar-refractivity contribution in [3.8, 4) is 0 Å². The van der Waals surface area contributed by atoms with E-state index >= 15 is 0 Å². The predicted molar refractivity (Wildman–Crippen MR) is 85.1 cm³/mol. The third kappa shape index (κ3) is 2.89. The molecule has 3 aromatic rings. The van der Waals surface area contributed by atoms with E-state index in [-0.39, 0.29) is 23.8 Å². The third-order valence-electron chi connectivity index (χ3n) is 3.56. The van der Waals surface area contributed by atoms with Gasteiger partial charge in [0.25, 0.3) is 11.6 Å². The zero-order chi connectivity index (χ0) is 16.4. The number of nitrogens with zero attached hydrogens (tertiary/aromatic N) is 2. The van der Waals surface area contributed by atoms with Gasteiger partial charge in [-0.15, -0.1) is 0 Å². The molecule has 0 saturated heterocycles. The average molecular weight is 310 g/mol. The number of nitrogens with one attached hydrogen (secondary N) is 2. The maximum atomic E-state index is 12.3. The molecule has 0 aliphatic carbocycles. The van der Waals surface area contributed by atoms with Crippen molar-refractivity contribution in [2.45, 2.75) is 13.5 Å². The summed E-state index contributed by atoms with van der Waals surface area (Å²) < 4.78 is 0. The van der Waals surface area contributed by atoms with E-state index in [0.29, 0.717) is 5.56 Å². The first kappa shape index (κ1) is 14.7. The maximum Gasteiger partial charge on any atom is 0.274 e. The van der Waals surface area contributed by atoms with Gasteiger partial charge < -0.3 is 5.32 Å². The van der Waals surface area contributed by atoms with Crippen LogP contribution in [0.25, 0.3) is 10.9 Å². The molecule has 1 aromatic heterocycles. The second-order valence-electron chi connectivity index (χ2n) is 5.19. The van der Waals surface area contributed by atoms with E-state index in [1.807, 2.05) is 25.1 Å². The Balaban J connectivity index is 1.82. The Bertz CT molecular complexity index is 901. The van der Waals surface area contributed by atoms with E-state index < -0.39 is 4.92 Å². The van der Waals surface area contributed by atoms with Gasteiger partial charge in [0.15, 0.2) is 5.69 Å². The number of para-hydroxylation sites is 1. The minimum atomic E-state index is -0.463. The van der Waals surface area contributed by atoms with Crippen molar-refractivity contribution < 1.29 is 9.72 Å². The molecular formula is C16H14N4O3. The molecule has 2 N–H and O–H groups in total. The molecule has 7 heteroatoms. The number of aromatic amines is 1. The van der Waals surface area contributed by atoms with Crippen LogP contribution >= 0.6 is 0 Å². The van der Waals surface area contributed by atoms with Gasteiger partial charge in [-0.2, -0.15) is 5.10 Å². The van der Waals surface area contributed by atoms with Crippen molar-refractivity contribution >= 4 is 22.5 Å². The van der Waals surface area contributed by atoms with Crippen molar-refractivity contribution in [2.24, 2.45) is 0 Å². The Morgan fingerprint density at radius 2 is 2.09 bits per heavy atom. The highest BCUT2D eigenvalue weighted by Crippen LogP contribution is 2.19. The van der Waals surface area contributed by atoms with E-state index in [0.717, 1.165) is 16.5 Å². The van der Waals surface area contributed by atoms with E-state index in [9.17, 15) is 14.9 Å². The fourth-order valence-electron chi connectivity index (χ4n) is 2.40. The molecule has 0 spiro atoms. The SMILES string of the molecule is Cc1ccc2[nH]nc(C(=O)NCc3ccccc3[N+](=O)[O-])c2c1. The summed E-state index contributed by atoms with van der Waals surface area (Å²) in [5, 5.41) is 21.2. The lowest BCUT2D eigenvalue weighted by Gasteiger charge is -2.05. The molecule has 0 bridgehead atoms. The van der Waals surface area contributed by atoms with Crippen molar-refractivity contribution in [1.29, 1.82) is 0 Å². The van der Waals surface area contributed by atoms with Gasteiger partial charge >= 0.3 is 0 Å². The summed E-state index contributed by atoms with van der Waals surface area (Å²) in [6.45, 7) is 2.00. The number of carbonyl (C=O) groups excluding carboxylic acids is 1. The lowest BCUT2D eigenvalue weighted by atomic mass is 10.1. The fraction of sp³-hybridized carbons (Fsp3) is 0.125. The molecule has 0 aliphatic heterocycles. The molecule has 1 heterocycles. The molecule has 0 aliphatic rings. The van der Waals surface area contributed by atoms with Crippen LogP contribution in [0.1, 0.15) is 21.6 Å². The quantitative estimate of drug-likeness (QED) is 0.571. The summed E-state index contributed by atoms with van der Waals surface area (Å²) in [4.78, 5) is 22.8. The molecule has 0 atom stereocenters. The van der Waals surface area contributed by atoms with Crippen molar-refractivity contribution in [3.05, 3.63) is 69.4 Å². The van der Waals surface area contributed by atoms with E-state index in [2.05, 4.69) is 15.5 Å². The largest absolute Gasteiger partial charge is 0.346 e. The molecule has 0 radical (unpaired) electrons. The zero-order valence-electron chi connectivity index (χ0n) is 12.4. The van der Waals surface area contributed by atoms with Gasteiger partial charge in [0.2, 0.25) is 0 Å². The Hall–Kier alpha value is -3.22. The highest BCUT2D eigenvalue weighted by Gasteiger charge is 2.17. The number of carbonyl (C=O) groups is 1. The van der Waals surface area contributed by atoms with Gasteiger partial charge in [-0.1, -0.05) is 29.8 Å². The van der Waals surface area contributed by atoms with Gasteiger partial charge in [-0.3, -0.25) is 20.0 Å². The number of H-pyrrole nitrogens is 1. The van der Waals surface area contributed by atoms with E-state index in [1.54, 1.807) is 18.2 Å². The van der Waals surface area contributed by atoms with Gasteiger partial charge in [0.1, 0.15) is 0 Å². The fourth-order valence-corrected chi connectivity index (χ4v) is 2.40. The summed E-state index contributed by atoms with van der Waals surface area (Å²) in [6, 6.07) is 12.0. The Morgan fingerprint density at radius 3 is 2.87 bits per heavy atom. The number of nitro benzene ring substituents is 1. The predicted octanol–water partition coefficient (Wildman–Crippen LogP) is 2.71. The van der Waals surface area contributed by atoms with Gasteiger partial charge in [0, 0.05) is 23.6 Å². The number of rotatable bonds is 4. The highest BCUT2D eigenvalue weighted by molar-refractivity contribution is 6.04. The number of hydrogen-bond acceptors (Lipinski definition) is 4. The minimum Gasteiger partial charge on any atom is -0.346 e. The van der Waals surface area contributed by atoms with Gasteiger partial charge in [0.05, 0.1) is 10.4 Å². The number of nitro groups is 1. The molecule has 7 nitrogen and oxygen atoms in total. The van der Waals surface area contributed by atoms with Crippen LogP contribution in [0.15, 0.2) is 42.5 Å². The number of aromatic nitrogens is 2. The second-order valence-corrected chi connectivity index (χ2v) is 5.19. The van der Waals surface area contributed by atoms with Gasteiger partial charge in [-0.25, -0.2) is 0 Å². The average Bonchev–Trinajstić information content (AvgIpc) is 2.95. The van der Waals surface area contributed by atoms with Crippen LogP contribution in [0.2, 0.25) is 0 Å². The smallest absolute Gasteiger partial charge is 0.274 e. The van der Waals surface area contributed by atoms with Crippen LogP contribution < -0.4 is 5.32 Å². The van der Waals surface area contributed by atoms with Crippen LogP contribution in [0, 0.1) is 17.0 Å². The molecule has 0 fully saturated rings. The van der Waals surface area contributed by atoms with Crippen LogP contribution in [-0.4, -0.2) is 21.0 Å². The van der Waals surface area contributed by atoms with E-state index in [4.69, 9.17) is 0 Å². The summed E-state index contributed by atoms with van der Waals surface area (Å²) in [7, 11) is 0. The highest BCUT2D eigenvalue weighted by atomic mass is 16.6. The summed E-state index contributed by atoms with van der Waals surface area (Å²) in [5.41, 5.74) is 2.50.